The Balaban J connectivity index is 1.67. The Kier molecular flexibility index (Phi) is 5.15. The van der Waals surface area contributed by atoms with Gasteiger partial charge in [-0.1, -0.05) is 24.3 Å². The van der Waals surface area contributed by atoms with Crippen molar-refractivity contribution in [1.29, 1.82) is 0 Å². The molecule has 3 aromatic rings. The van der Waals surface area contributed by atoms with E-state index in [9.17, 15) is 12.8 Å². The quantitative estimate of drug-likeness (QED) is 0.716. The number of rotatable bonds is 6. The number of aromatic nitrogens is 2. The molecule has 0 spiro atoms. The SMILES string of the molecule is Cc1ccc(C)c(S(=O)(=O)NCCc2nnc(-c3ccccc3F)o2)c1. The lowest BCUT2D eigenvalue weighted by molar-refractivity contribution is 0.498. The first-order chi connectivity index (χ1) is 12.4. The Morgan fingerprint density at radius 3 is 2.65 bits per heavy atom. The summed E-state index contributed by atoms with van der Waals surface area (Å²) in [4.78, 5) is 0.245. The average molecular weight is 375 g/mol. The topological polar surface area (TPSA) is 85.1 Å². The standard InChI is InChI=1S/C18H18FN3O3S/c1-12-7-8-13(2)16(11-12)26(23,24)20-10-9-17-21-22-18(25-17)14-5-3-4-6-15(14)19/h3-8,11,20H,9-10H2,1-2H3. The van der Waals surface area contributed by atoms with Crippen LogP contribution in [0.3, 0.4) is 0 Å². The first kappa shape index (κ1) is 18.2. The average Bonchev–Trinajstić information content (AvgIpc) is 3.06. The van der Waals surface area contributed by atoms with Crippen molar-refractivity contribution in [3.05, 3.63) is 65.3 Å². The highest BCUT2D eigenvalue weighted by Gasteiger charge is 2.17. The molecule has 0 unspecified atom stereocenters. The van der Waals surface area contributed by atoms with Crippen molar-refractivity contribution >= 4 is 10.0 Å². The molecular weight excluding hydrogens is 357 g/mol. The fourth-order valence-electron chi connectivity index (χ4n) is 2.47. The Morgan fingerprint density at radius 2 is 1.88 bits per heavy atom. The maximum absolute atomic E-state index is 13.7. The highest BCUT2D eigenvalue weighted by Crippen LogP contribution is 2.21. The summed E-state index contributed by atoms with van der Waals surface area (Å²) in [5, 5.41) is 7.65. The number of sulfonamides is 1. The van der Waals surface area contributed by atoms with Gasteiger partial charge in [0.15, 0.2) is 0 Å². The van der Waals surface area contributed by atoms with Gasteiger partial charge < -0.3 is 4.42 Å². The number of hydrogen-bond donors (Lipinski definition) is 1. The molecule has 0 saturated carbocycles. The summed E-state index contributed by atoms with van der Waals surface area (Å²) >= 11 is 0. The number of hydrogen-bond acceptors (Lipinski definition) is 5. The molecule has 0 aliphatic heterocycles. The van der Waals surface area contributed by atoms with Crippen LogP contribution < -0.4 is 4.72 Å². The van der Waals surface area contributed by atoms with Crippen molar-refractivity contribution in [2.24, 2.45) is 0 Å². The predicted octanol–water partition coefficient (Wildman–Crippen LogP) is 3.01. The molecule has 0 fully saturated rings. The van der Waals surface area contributed by atoms with Gasteiger partial charge in [-0.2, -0.15) is 0 Å². The molecule has 0 aliphatic carbocycles. The van der Waals surface area contributed by atoms with E-state index in [-0.39, 0.29) is 35.2 Å². The molecule has 0 bridgehead atoms. The molecule has 136 valence electrons. The van der Waals surface area contributed by atoms with Crippen LogP contribution in [0.5, 0.6) is 0 Å². The molecule has 6 nitrogen and oxygen atoms in total. The van der Waals surface area contributed by atoms with Crippen LogP contribution in [-0.4, -0.2) is 25.2 Å². The molecule has 26 heavy (non-hydrogen) atoms. The Labute approximate surface area is 151 Å². The van der Waals surface area contributed by atoms with Crippen molar-refractivity contribution in [2.45, 2.75) is 25.2 Å². The van der Waals surface area contributed by atoms with Gasteiger partial charge in [0.25, 0.3) is 5.89 Å². The lowest BCUT2D eigenvalue weighted by Gasteiger charge is -2.09. The smallest absolute Gasteiger partial charge is 0.250 e. The van der Waals surface area contributed by atoms with E-state index in [0.29, 0.717) is 5.56 Å². The fourth-order valence-corrected chi connectivity index (χ4v) is 3.82. The van der Waals surface area contributed by atoms with Crippen molar-refractivity contribution in [1.82, 2.24) is 14.9 Å². The van der Waals surface area contributed by atoms with Gasteiger partial charge >= 0.3 is 0 Å². The highest BCUT2D eigenvalue weighted by atomic mass is 32.2. The summed E-state index contributed by atoms with van der Waals surface area (Å²) in [5.74, 6) is -0.166. The summed E-state index contributed by atoms with van der Waals surface area (Å²) in [5.41, 5.74) is 1.74. The van der Waals surface area contributed by atoms with Crippen LogP contribution >= 0.6 is 0 Å². The Hall–Kier alpha value is -2.58. The maximum Gasteiger partial charge on any atom is 0.250 e. The van der Waals surface area contributed by atoms with E-state index in [4.69, 9.17) is 4.42 Å². The van der Waals surface area contributed by atoms with Gasteiger partial charge in [-0.3, -0.25) is 0 Å². The van der Waals surface area contributed by atoms with Crippen molar-refractivity contribution in [2.75, 3.05) is 6.54 Å². The van der Waals surface area contributed by atoms with Gasteiger partial charge in [-0.25, -0.2) is 17.5 Å². The molecule has 0 atom stereocenters. The summed E-state index contributed by atoms with van der Waals surface area (Å²) in [6.07, 6.45) is 0.200. The van der Waals surface area contributed by atoms with Crippen molar-refractivity contribution in [3.63, 3.8) is 0 Å². The van der Waals surface area contributed by atoms with E-state index in [1.165, 1.54) is 12.1 Å². The van der Waals surface area contributed by atoms with Crippen molar-refractivity contribution in [3.8, 4) is 11.5 Å². The lowest BCUT2D eigenvalue weighted by Crippen LogP contribution is -2.26. The monoisotopic (exact) mass is 375 g/mol. The Morgan fingerprint density at radius 1 is 1.12 bits per heavy atom. The third-order valence-corrected chi connectivity index (χ3v) is 5.44. The normalized spacial score (nSPS) is 11.7. The molecule has 1 N–H and O–H groups in total. The Bertz CT molecular complexity index is 1030. The molecule has 2 aromatic carbocycles. The van der Waals surface area contributed by atoms with Gasteiger partial charge in [0.05, 0.1) is 10.5 Å². The number of nitrogens with one attached hydrogen (secondary N) is 1. The zero-order chi connectivity index (χ0) is 18.7. The van der Waals surface area contributed by atoms with E-state index in [1.807, 2.05) is 13.0 Å². The van der Waals surface area contributed by atoms with Crippen molar-refractivity contribution < 1.29 is 17.2 Å². The molecular formula is C18H18FN3O3S. The summed E-state index contributed by atoms with van der Waals surface area (Å²) in [6.45, 7) is 3.67. The number of aryl methyl sites for hydroxylation is 2. The fraction of sp³-hybridized carbons (Fsp3) is 0.222. The number of nitrogens with zero attached hydrogens (tertiary/aromatic N) is 2. The number of benzene rings is 2. The van der Waals surface area contributed by atoms with Crippen LogP contribution in [0.4, 0.5) is 4.39 Å². The van der Waals surface area contributed by atoms with Crippen LogP contribution in [0, 0.1) is 19.7 Å². The van der Waals surface area contributed by atoms with Gasteiger partial charge in [0, 0.05) is 13.0 Å². The third-order valence-electron chi connectivity index (χ3n) is 3.84. The highest BCUT2D eigenvalue weighted by molar-refractivity contribution is 7.89. The second-order valence-corrected chi connectivity index (χ2v) is 7.63. The second-order valence-electron chi connectivity index (χ2n) is 5.90. The molecule has 0 aliphatic rings. The zero-order valence-corrected chi connectivity index (χ0v) is 15.2. The zero-order valence-electron chi connectivity index (χ0n) is 14.4. The van der Waals surface area contributed by atoms with Crippen LogP contribution in [0.25, 0.3) is 11.5 Å². The molecule has 3 rings (SSSR count). The lowest BCUT2D eigenvalue weighted by atomic mass is 10.2. The van der Waals surface area contributed by atoms with Gasteiger partial charge in [-0.15, -0.1) is 10.2 Å². The third kappa shape index (κ3) is 3.97. The minimum absolute atomic E-state index is 0.0653. The maximum atomic E-state index is 13.7. The predicted molar refractivity (Wildman–Crippen MR) is 94.5 cm³/mol. The molecule has 1 aromatic heterocycles. The van der Waals surface area contributed by atoms with Gasteiger partial charge in [-0.05, 0) is 43.2 Å². The molecule has 8 heteroatoms. The molecule has 1 heterocycles. The minimum atomic E-state index is -3.64. The van der Waals surface area contributed by atoms with Gasteiger partial charge in [0.1, 0.15) is 5.82 Å². The minimum Gasteiger partial charge on any atom is -0.421 e. The molecule has 0 saturated heterocycles. The first-order valence-corrected chi connectivity index (χ1v) is 9.49. The largest absolute Gasteiger partial charge is 0.421 e. The van der Waals surface area contributed by atoms with E-state index < -0.39 is 15.8 Å². The molecule has 0 radical (unpaired) electrons. The first-order valence-electron chi connectivity index (χ1n) is 8.01. The van der Waals surface area contributed by atoms with E-state index in [0.717, 1.165) is 5.56 Å². The van der Waals surface area contributed by atoms with Crippen LogP contribution in [0.1, 0.15) is 17.0 Å². The summed E-state index contributed by atoms with van der Waals surface area (Å²) in [6, 6.07) is 11.3. The van der Waals surface area contributed by atoms with Gasteiger partial charge in [0.2, 0.25) is 15.9 Å². The molecule has 0 amide bonds. The van der Waals surface area contributed by atoms with E-state index >= 15 is 0 Å². The second kappa shape index (κ2) is 7.35. The number of halogens is 1. The van der Waals surface area contributed by atoms with E-state index in [2.05, 4.69) is 14.9 Å². The summed E-state index contributed by atoms with van der Waals surface area (Å²) < 4.78 is 46.5. The van der Waals surface area contributed by atoms with Crippen LogP contribution in [0.15, 0.2) is 51.8 Å². The van der Waals surface area contributed by atoms with Crippen LogP contribution in [0.2, 0.25) is 0 Å². The summed E-state index contributed by atoms with van der Waals surface area (Å²) in [7, 11) is -3.64. The van der Waals surface area contributed by atoms with E-state index in [1.54, 1.807) is 31.2 Å². The van der Waals surface area contributed by atoms with Crippen LogP contribution in [-0.2, 0) is 16.4 Å².